The van der Waals surface area contributed by atoms with Gasteiger partial charge in [0.2, 0.25) is 35.5 Å². The number of unbranched alkanes of at least 4 members (excludes halogenated alkanes) is 1. The summed E-state index contributed by atoms with van der Waals surface area (Å²) in [6.45, 7) is 10.6. The molecule has 81 heavy (non-hydrogen) atoms. The van der Waals surface area contributed by atoms with Gasteiger partial charge in [0.05, 0.1) is 22.9 Å². The molecule has 4 aromatic rings. The molecule has 0 aliphatic rings. The number of alkyl carbamates (subject to hydrolysis) is 1. The zero-order valence-corrected chi connectivity index (χ0v) is 49.4. The maximum atomic E-state index is 14.3. The van der Waals surface area contributed by atoms with E-state index in [4.69, 9.17) is 32.4 Å². The van der Waals surface area contributed by atoms with Gasteiger partial charge >= 0.3 is 6.09 Å². The Morgan fingerprint density at radius 1 is 0.593 bits per heavy atom. The Hall–Kier alpha value is -7.42. The number of hydrogen-bond donors (Lipinski definition) is 10. The van der Waals surface area contributed by atoms with Crippen molar-refractivity contribution in [1.29, 1.82) is 0 Å². The van der Waals surface area contributed by atoms with Crippen molar-refractivity contribution < 1.29 is 50.3 Å². The Labute approximate surface area is 479 Å². The van der Waals surface area contributed by atoms with Crippen molar-refractivity contribution in [2.24, 2.45) is 32.9 Å². The second kappa shape index (κ2) is 32.1. The van der Waals surface area contributed by atoms with Crippen LogP contribution in [0.25, 0.3) is 0 Å². The van der Waals surface area contributed by atoms with E-state index in [0.29, 0.717) is 46.6 Å². The Morgan fingerprint density at radius 2 is 1.07 bits per heavy atom. The van der Waals surface area contributed by atoms with Gasteiger partial charge in [0.15, 0.2) is 0 Å². The number of primary amides is 1. The van der Waals surface area contributed by atoms with Gasteiger partial charge in [-0.15, -0.1) is 0 Å². The van der Waals surface area contributed by atoms with Gasteiger partial charge < -0.3 is 53.7 Å². The number of benzene rings is 4. The minimum atomic E-state index is -4.08. The van der Waals surface area contributed by atoms with Crippen LogP contribution in [0.2, 0.25) is 0 Å². The third kappa shape index (κ3) is 22.2. The lowest BCUT2D eigenvalue weighted by Crippen LogP contribution is -2.58. The monoisotopic (exact) mass is 1180 g/mol. The number of rotatable bonds is 31. The molecule has 0 heterocycles. The predicted molar refractivity (Wildman–Crippen MR) is 314 cm³/mol. The highest BCUT2D eigenvalue weighted by atomic mass is 32.2. The summed E-state index contributed by atoms with van der Waals surface area (Å²) < 4.78 is 68.0. The topological polar surface area (TPSA) is 373 Å². The van der Waals surface area contributed by atoms with Gasteiger partial charge in [0, 0.05) is 31.1 Å². The fraction of sp³-hybridized carbons (Fsp3) is 0.436. The first kappa shape index (κ1) is 66.1. The average Bonchev–Trinajstić information content (AvgIpc) is 3.38. The van der Waals surface area contributed by atoms with Gasteiger partial charge in [-0.05, 0) is 132 Å². The summed E-state index contributed by atoms with van der Waals surface area (Å²) in [6.07, 6.45) is 0.380. The summed E-state index contributed by atoms with van der Waals surface area (Å²) in [6, 6.07) is 18.4. The standard InChI is InChI=1S/C55H78N12O11S3/c1-34-27-36(3)47(37(4)28-34)80(73,74)66-53(58)60-25-13-17-43(56)50(69)64-45(18-11-12-24-62-55(72)78-31-40-15-9-8-10-16-40)51(70)65-46(33-79-32-41-20-22-42(77-7)23-21-41)52(71)63-44(49(57)68)19-14-26-61-54(59)67-81(75,76)48-38(5)29-35(2)30-39(48)6/h8-10,15-16,20-23,27-30,43-46H,11-14,17-19,24-26,31-33,56H2,1-7H3,(H2,57,68)(H,62,72)(H,63,71)(H,64,69)(H,65,70)(H3,58,60,66)(H3,59,61,67)/t43-,44-,45-,46-/m0/s1. The van der Waals surface area contributed by atoms with Crippen LogP contribution in [0.4, 0.5) is 4.79 Å². The Kier molecular flexibility index (Phi) is 26.2. The maximum Gasteiger partial charge on any atom is 0.407 e. The normalized spacial score (nSPS) is 13.4. The van der Waals surface area contributed by atoms with E-state index in [-0.39, 0.29) is 85.8 Å². The molecule has 4 aromatic carbocycles. The number of ether oxygens (including phenoxy) is 2. The molecular weight excluding hydrogens is 1100 g/mol. The van der Waals surface area contributed by atoms with Crippen LogP contribution < -0.4 is 58.4 Å². The van der Waals surface area contributed by atoms with Crippen molar-refractivity contribution in [1.82, 2.24) is 30.7 Å². The molecule has 4 rings (SSSR count). The van der Waals surface area contributed by atoms with Gasteiger partial charge in [0.25, 0.3) is 20.0 Å². The molecule has 0 aromatic heterocycles. The van der Waals surface area contributed by atoms with E-state index in [1.54, 1.807) is 71.2 Å². The van der Waals surface area contributed by atoms with Crippen LogP contribution in [0.5, 0.6) is 5.75 Å². The second-order valence-electron chi connectivity index (χ2n) is 19.5. The van der Waals surface area contributed by atoms with E-state index in [1.807, 2.05) is 56.3 Å². The van der Waals surface area contributed by atoms with Crippen molar-refractivity contribution in [3.63, 3.8) is 0 Å². The Morgan fingerprint density at radius 3 is 1.59 bits per heavy atom. The molecule has 26 heteroatoms. The summed E-state index contributed by atoms with van der Waals surface area (Å²) in [5.41, 5.74) is 29.7. The molecule has 23 nitrogen and oxygen atoms in total. The maximum absolute atomic E-state index is 14.3. The van der Waals surface area contributed by atoms with Gasteiger partial charge in [-0.1, -0.05) is 77.9 Å². The molecule has 0 aliphatic heterocycles. The Bertz CT molecular complexity index is 3040. The summed E-state index contributed by atoms with van der Waals surface area (Å²) in [5.74, 6) is -2.81. The molecule has 4 atom stereocenters. The van der Waals surface area contributed by atoms with Gasteiger partial charge in [0.1, 0.15) is 30.5 Å². The first-order valence-corrected chi connectivity index (χ1v) is 30.3. The zero-order valence-electron chi connectivity index (χ0n) is 46.9. The molecule has 5 amide bonds. The third-order valence-corrected chi connectivity index (χ3v) is 16.9. The minimum absolute atomic E-state index is 0.00000609. The number of carbonyl (C=O) groups excluding carboxylic acids is 5. The molecule has 0 spiro atoms. The largest absolute Gasteiger partial charge is 0.497 e. The summed E-state index contributed by atoms with van der Waals surface area (Å²) in [5, 5.41) is 10.8. The number of nitrogens with one attached hydrogen (secondary N) is 6. The lowest BCUT2D eigenvalue weighted by atomic mass is 10.1. The van der Waals surface area contributed by atoms with Crippen molar-refractivity contribution in [2.75, 3.05) is 32.5 Å². The fourth-order valence-electron chi connectivity index (χ4n) is 8.78. The van der Waals surface area contributed by atoms with E-state index in [1.165, 1.54) is 11.8 Å². The molecule has 0 bridgehead atoms. The van der Waals surface area contributed by atoms with Crippen molar-refractivity contribution >= 4 is 73.4 Å². The van der Waals surface area contributed by atoms with Crippen LogP contribution in [0.15, 0.2) is 98.6 Å². The minimum Gasteiger partial charge on any atom is -0.497 e. The van der Waals surface area contributed by atoms with Gasteiger partial charge in [-0.3, -0.25) is 29.2 Å². The smallest absolute Gasteiger partial charge is 0.407 e. The van der Waals surface area contributed by atoms with E-state index in [0.717, 1.165) is 22.3 Å². The number of amides is 5. The summed E-state index contributed by atoms with van der Waals surface area (Å²) in [7, 11) is -6.60. The van der Waals surface area contributed by atoms with Crippen LogP contribution in [0, 0.1) is 41.5 Å². The first-order chi connectivity index (χ1) is 38.3. The number of methoxy groups -OCH3 is 1. The highest BCUT2D eigenvalue weighted by Crippen LogP contribution is 2.23. The lowest BCUT2D eigenvalue weighted by molar-refractivity contribution is -0.133. The molecule has 0 saturated heterocycles. The van der Waals surface area contributed by atoms with Gasteiger partial charge in [-0.25, -0.2) is 31.1 Å². The quantitative estimate of drug-likeness (QED) is 0.0196. The predicted octanol–water partition coefficient (Wildman–Crippen LogP) is 3.29. The number of aliphatic imine (C=N–C) groups is 2. The number of guanidine groups is 2. The van der Waals surface area contributed by atoms with Crippen LogP contribution >= 0.6 is 11.8 Å². The zero-order chi connectivity index (χ0) is 59.9. The number of hydrogen-bond acceptors (Lipinski definition) is 15. The Balaban J connectivity index is 1.46. The van der Waals surface area contributed by atoms with Crippen molar-refractivity contribution in [3.05, 3.63) is 123 Å². The number of aryl methyl sites for hydroxylation is 6. The van der Waals surface area contributed by atoms with Crippen molar-refractivity contribution in [2.45, 2.75) is 133 Å². The first-order valence-electron chi connectivity index (χ1n) is 26.2. The van der Waals surface area contributed by atoms with Crippen LogP contribution in [0.1, 0.15) is 89.5 Å². The highest BCUT2D eigenvalue weighted by molar-refractivity contribution is 7.98. The molecule has 0 aliphatic carbocycles. The van der Waals surface area contributed by atoms with E-state index in [9.17, 15) is 40.8 Å². The highest BCUT2D eigenvalue weighted by Gasteiger charge is 2.31. The van der Waals surface area contributed by atoms with Gasteiger partial charge in [-0.2, -0.15) is 11.8 Å². The van der Waals surface area contributed by atoms with Crippen molar-refractivity contribution in [3.8, 4) is 5.75 Å². The van der Waals surface area contributed by atoms with E-state index in [2.05, 4.69) is 40.7 Å². The SMILES string of the molecule is COc1ccc(CSC[C@H](NC(=O)[C@H](CCCCNC(=O)OCc2ccccc2)NC(=O)[C@@H](N)CCCN=C(N)NS(=O)(=O)c2c(C)cc(C)cc2C)C(=O)N[C@@H](CCCN=C(N)NS(=O)(=O)c2c(C)cc(C)cc2C)C(N)=O)cc1. The lowest BCUT2D eigenvalue weighted by Gasteiger charge is -2.25. The summed E-state index contributed by atoms with van der Waals surface area (Å²) in [4.78, 5) is 75.9. The van der Waals surface area contributed by atoms with E-state index < -0.39 is 73.9 Å². The molecule has 442 valence electrons. The molecule has 14 N–H and O–H groups in total. The second-order valence-corrected chi connectivity index (χ2v) is 23.8. The molecular formula is C55H78N12O11S3. The van der Waals surface area contributed by atoms with Crippen LogP contribution in [0.3, 0.4) is 0 Å². The number of thioether (sulfide) groups is 1. The third-order valence-electron chi connectivity index (χ3n) is 12.5. The summed E-state index contributed by atoms with van der Waals surface area (Å²) >= 11 is 1.30. The number of sulfonamides is 2. The molecule has 0 unspecified atom stereocenters. The number of nitrogens with two attached hydrogens (primary N) is 4. The average molecular weight is 1180 g/mol. The van der Waals surface area contributed by atoms with Crippen LogP contribution in [-0.2, 0) is 56.3 Å². The fourth-order valence-corrected chi connectivity index (χ4v) is 12.6. The van der Waals surface area contributed by atoms with E-state index >= 15 is 0 Å². The molecule has 0 saturated carbocycles. The van der Waals surface area contributed by atoms with Crippen LogP contribution in [-0.4, -0.2) is 115 Å². The molecule has 0 radical (unpaired) electrons. The number of carbonyl (C=O) groups is 5. The molecule has 0 fully saturated rings. The number of nitrogens with zero attached hydrogens (tertiary/aromatic N) is 2.